The second-order valence-electron chi connectivity index (χ2n) is 6.86. The topological polar surface area (TPSA) is 56.1 Å². The maximum Gasteiger partial charge on any atom is 0.252 e. The van der Waals surface area contributed by atoms with E-state index in [0.29, 0.717) is 11.5 Å². The van der Waals surface area contributed by atoms with E-state index in [0.717, 1.165) is 17.1 Å². The molecule has 0 radical (unpaired) electrons. The second kappa shape index (κ2) is 8.08. The number of amides is 1. The van der Waals surface area contributed by atoms with Crippen LogP contribution in [-0.2, 0) is 7.05 Å². The first-order chi connectivity index (χ1) is 13.0. The molecule has 0 saturated carbocycles. The number of hydrogen-bond donors (Lipinski definition) is 1. The molecule has 3 aromatic rings. The lowest BCUT2D eigenvalue weighted by Crippen LogP contribution is -2.31. The minimum atomic E-state index is -0.377. The summed E-state index contributed by atoms with van der Waals surface area (Å²) in [6, 6.07) is 15.0. The van der Waals surface area contributed by atoms with E-state index >= 15 is 0 Å². The van der Waals surface area contributed by atoms with E-state index < -0.39 is 0 Å². The van der Waals surface area contributed by atoms with Gasteiger partial charge in [0.2, 0.25) is 0 Å². The number of methoxy groups -OCH3 is 1. The highest BCUT2D eigenvalue weighted by molar-refractivity contribution is 5.94. The van der Waals surface area contributed by atoms with E-state index in [-0.39, 0.29) is 11.9 Å². The average molecular weight is 363 g/mol. The van der Waals surface area contributed by atoms with E-state index in [1.165, 1.54) is 5.56 Å². The standard InChI is InChI=1S/C22H25N3O2/c1-15(2)16-8-10-17(11-9-16)22(26)24-20(21-23-12-13-25(21)3)18-6-5-7-19(14-18)27-4/h5-15,20H,1-4H3,(H,24,26). The molecule has 0 aliphatic rings. The Morgan fingerprint density at radius 2 is 1.85 bits per heavy atom. The molecule has 3 rings (SSSR count). The van der Waals surface area contributed by atoms with Gasteiger partial charge in [0.1, 0.15) is 17.6 Å². The Balaban J connectivity index is 1.91. The number of carbonyl (C=O) groups is 1. The van der Waals surface area contributed by atoms with Crippen LogP contribution in [0.15, 0.2) is 60.9 Å². The van der Waals surface area contributed by atoms with Gasteiger partial charge in [-0.2, -0.15) is 0 Å². The third-order valence-electron chi connectivity index (χ3n) is 4.66. The number of benzene rings is 2. The number of aromatic nitrogens is 2. The second-order valence-corrected chi connectivity index (χ2v) is 6.86. The van der Waals surface area contributed by atoms with Gasteiger partial charge in [0.05, 0.1) is 7.11 Å². The SMILES string of the molecule is COc1cccc(C(NC(=O)c2ccc(C(C)C)cc2)c2nccn2C)c1. The van der Waals surface area contributed by atoms with Crippen molar-refractivity contribution in [2.45, 2.75) is 25.8 Å². The quantitative estimate of drug-likeness (QED) is 0.718. The van der Waals surface area contributed by atoms with Gasteiger partial charge in [0.15, 0.2) is 0 Å². The van der Waals surface area contributed by atoms with Gasteiger partial charge >= 0.3 is 0 Å². The molecule has 1 N–H and O–H groups in total. The predicted octanol–water partition coefficient (Wildman–Crippen LogP) is 4.07. The monoisotopic (exact) mass is 363 g/mol. The number of aryl methyl sites for hydroxylation is 1. The van der Waals surface area contributed by atoms with Gasteiger partial charge in [0.25, 0.3) is 5.91 Å². The molecule has 1 aromatic heterocycles. The Hall–Kier alpha value is -3.08. The average Bonchev–Trinajstić information content (AvgIpc) is 3.11. The molecule has 1 unspecified atom stereocenters. The molecule has 0 aliphatic heterocycles. The molecule has 0 fully saturated rings. The van der Waals surface area contributed by atoms with Crippen LogP contribution in [0.1, 0.15) is 53.1 Å². The fourth-order valence-corrected chi connectivity index (χ4v) is 3.01. The number of carbonyl (C=O) groups excluding carboxylic acids is 1. The summed E-state index contributed by atoms with van der Waals surface area (Å²) in [6.45, 7) is 4.27. The van der Waals surface area contributed by atoms with Crippen LogP contribution in [0, 0.1) is 0 Å². The van der Waals surface area contributed by atoms with E-state index in [4.69, 9.17) is 4.74 Å². The van der Waals surface area contributed by atoms with Gasteiger partial charge in [-0.25, -0.2) is 4.98 Å². The van der Waals surface area contributed by atoms with Gasteiger partial charge in [-0.05, 0) is 41.3 Å². The van der Waals surface area contributed by atoms with Crippen molar-refractivity contribution >= 4 is 5.91 Å². The molecular formula is C22H25N3O2. The molecule has 1 atom stereocenters. The first kappa shape index (κ1) is 18.7. The number of hydrogen-bond acceptors (Lipinski definition) is 3. The van der Waals surface area contributed by atoms with Crippen molar-refractivity contribution in [3.05, 3.63) is 83.4 Å². The summed E-state index contributed by atoms with van der Waals surface area (Å²) in [7, 11) is 3.54. The Labute approximate surface area is 160 Å². The van der Waals surface area contributed by atoms with Crippen LogP contribution in [0.2, 0.25) is 0 Å². The lowest BCUT2D eigenvalue weighted by atomic mass is 10.0. The third kappa shape index (κ3) is 4.19. The minimum absolute atomic E-state index is 0.138. The fraction of sp³-hybridized carbons (Fsp3) is 0.273. The zero-order chi connectivity index (χ0) is 19.4. The first-order valence-corrected chi connectivity index (χ1v) is 9.01. The van der Waals surface area contributed by atoms with Gasteiger partial charge in [-0.3, -0.25) is 4.79 Å². The van der Waals surface area contributed by atoms with E-state index in [1.807, 2.05) is 66.3 Å². The van der Waals surface area contributed by atoms with Crippen LogP contribution >= 0.6 is 0 Å². The summed E-state index contributed by atoms with van der Waals surface area (Å²) in [5, 5.41) is 3.12. The Morgan fingerprint density at radius 1 is 1.11 bits per heavy atom. The van der Waals surface area contributed by atoms with Crippen molar-refractivity contribution < 1.29 is 9.53 Å². The van der Waals surface area contributed by atoms with Crippen LogP contribution in [0.3, 0.4) is 0 Å². The summed E-state index contributed by atoms with van der Waals surface area (Å²) in [5.74, 6) is 1.79. The molecule has 2 aromatic carbocycles. The molecule has 0 spiro atoms. The first-order valence-electron chi connectivity index (χ1n) is 9.01. The number of nitrogens with one attached hydrogen (secondary N) is 1. The highest BCUT2D eigenvalue weighted by atomic mass is 16.5. The zero-order valence-corrected chi connectivity index (χ0v) is 16.1. The molecule has 1 heterocycles. The van der Waals surface area contributed by atoms with Crippen molar-refractivity contribution in [2.75, 3.05) is 7.11 Å². The number of imidazole rings is 1. The van der Waals surface area contributed by atoms with Crippen molar-refractivity contribution in [2.24, 2.45) is 7.05 Å². The molecule has 0 aliphatic carbocycles. The van der Waals surface area contributed by atoms with Gasteiger partial charge < -0.3 is 14.6 Å². The molecule has 5 heteroatoms. The van der Waals surface area contributed by atoms with Crippen LogP contribution in [0.5, 0.6) is 5.75 Å². The van der Waals surface area contributed by atoms with Crippen molar-refractivity contribution in [3.63, 3.8) is 0 Å². The minimum Gasteiger partial charge on any atom is -0.497 e. The van der Waals surface area contributed by atoms with Crippen molar-refractivity contribution in [3.8, 4) is 5.75 Å². The molecule has 0 saturated heterocycles. The Morgan fingerprint density at radius 3 is 2.44 bits per heavy atom. The van der Waals surface area contributed by atoms with Crippen LogP contribution in [-0.4, -0.2) is 22.6 Å². The number of rotatable bonds is 6. The predicted molar refractivity (Wildman–Crippen MR) is 106 cm³/mol. The number of nitrogens with zero attached hydrogens (tertiary/aromatic N) is 2. The van der Waals surface area contributed by atoms with E-state index in [9.17, 15) is 4.79 Å². The van der Waals surface area contributed by atoms with Crippen LogP contribution in [0.4, 0.5) is 0 Å². The maximum atomic E-state index is 12.9. The molecule has 0 bridgehead atoms. The molecule has 5 nitrogen and oxygen atoms in total. The molecule has 140 valence electrons. The lowest BCUT2D eigenvalue weighted by molar-refractivity contribution is 0.0941. The summed E-state index contributed by atoms with van der Waals surface area (Å²) < 4.78 is 7.25. The van der Waals surface area contributed by atoms with E-state index in [1.54, 1.807) is 13.3 Å². The van der Waals surface area contributed by atoms with Crippen LogP contribution in [0.25, 0.3) is 0 Å². The van der Waals surface area contributed by atoms with Gasteiger partial charge in [-0.15, -0.1) is 0 Å². The van der Waals surface area contributed by atoms with Crippen molar-refractivity contribution in [1.29, 1.82) is 0 Å². The molecule has 1 amide bonds. The van der Waals surface area contributed by atoms with Gasteiger partial charge in [0, 0.05) is 25.0 Å². The lowest BCUT2D eigenvalue weighted by Gasteiger charge is -2.20. The Bertz CT molecular complexity index is 913. The maximum absolute atomic E-state index is 12.9. The summed E-state index contributed by atoms with van der Waals surface area (Å²) in [4.78, 5) is 17.3. The Kier molecular flexibility index (Phi) is 5.60. The van der Waals surface area contributed by atoms with Gasteiger partial charge in [-0.1, -0.05) is 38.1 Å². The normalized spacial score (nSPS) is 12.0. The summed E-state index contributed by atoms with van der Waals surface area (Å²) in [5.41, 5.74) is 2.75. The zero-order valence-electron chi connectivity index (χ0n) is 16.1. The largest absolute Gasteiger partial charge is 0.497 e. The van der Waals surface area contributed by atoms with E-state index in [2.05, 4.69) is 24.1 Å². The molecular weight excluding hydrogens is 338 g/mol. The highest BCUT2D eigenvalue weighted by Crippen LogP contribution is 2.25. The van der Waals surface area contributed by atoms with Crippen LogP contribution < -0.4 is 10.1 Å². The fourth-order valence-electron chi connectivity index (χ4n) is 3.01. The smallest absolute Gasteiger partial charge is 0.252 e. The highest BCUT2D eigenvalue weighted by Gasteiger charge is 2.22. The van der Waals surface area contributed by atoms with Crippen molar-refractivity contribution in [1.82, 2.24) is 14.9 Å². The molecule has 27 heavy (non-hydrogen) atoms. The summed E-state index contributed by atoms with van der Waals surface area (Å²) >= 11 is 0. The number of ether oxygens (including phenoxy) is 1. The third-order valence-corrected chi connectivity index (χ3v) is 4.66. The summed E-state index contributed by atoms with van der Waals surface area (Å²) in [6.07, 6.45) is 3.60.